The molecule has 0 atom stereocenters. The van der Waals surface area contributed by atoms with E-state index in [4.69, 9.17) is 4.74 Å². The molecule has 0 spiro atoms. The maximum absolute atomic E-state index is 12.3. The standard InChI is InChI=1S/C19H21N3O3/c1-4-25-15-8-6-14(7-9-15)20-18(23)12-13-5-10-16-17(11-13)22(3)19(24)21(16)2/h5-11H,4,12H2,1-3H3,(H,20,23). The number of hydrogen-bond acceptors (Lipinski definition) is 3. The molecule has 3 rings (SSSR count). The number of benzene rings is 2. The van der Waals surface area contributed by atoms with Gasteiger partial charge in [0.25, 0.3) is 0 Å². The van der Waals surface area contributed by atoms with Crippen LogP contribution in [0.2, 0.25) is 0 Å². The fourth-order valence-electron chi connectivity index (χ4n) is 2.85. The largest absolute Gasteiger partial charge is 0.494 e. The summed E-state index contributed by atoms with van der Waals surface area (Å²) in [6, 6.07) is 12.9. The van der Waals surface area contributed by atoms with Crippen molar-refractivity contribution in [3.8, 4) is 5.75 Å². The first-order valence-corrected chi connectivity index (χ1v) is 8.16. The van der Waals surface area contributed by atoms with E-state index in [-0.39, 0.29) is 18.0 Å². The van der Waals surface area contributed by atoms with Crippen LogP contribution < -0.4 is 15.7 Å². The monoisotopic (exact) mass is 339 g/mol. The highest BCUT2D eigenvalue weighted by atomic mass is 16.5. The van der Waals surface area contributed by atoms with Crippen LogP contribution in [0.1, 0.15) is 12.5 Å². The summed E-state index contributed by atoms with van der Waals surface area (Å²) in [7, 11) is 3.47. The first-order valence-electron chi connectivity index (χ1n) is 8.16. The number of amides is 1. The lowest BCUT2D eigenvalue weighted by atomic mass is 10.1. The molecule has 0 bridgehead atoms. The van der Waals surface area contributed by atoms with Gasteiger partial charge < -0.3 is 10.1 Å². The van der Waals surface area contributed by atoms with Crippen molar-refractivity contribution in [3.63, 3.8) is 0 Å². The smallest absolute Gasteiger partial charge is 0.328 e. The van der Waals surface area contributed by atoms with E-state index in [1.54, 1.807) is 23.2 Å². The highest BCUT2D eigenvalue weighted by molar-refractivity contribution is 5.93. The third-order valence-corrected chi connectivity index (χ3v) is 4.15. The number of imidazole rings is 1. The van der Waals surface area contributed by atoms with Crippen molar-refractivity contribution >= 4 is 22.6 Å². The maximum atomic E-state index is 12.3. The number of aromatic nitrogens is 2. The Hall–Kier alpha value is -3.02. The molecule has 0 aliphatic rings. The molecule has 1 N–H and O–H groups in total. The number of anilines is 1. The van der Waals surface area contributed by atoms with Gasteiger partial charge in [-0.15, -0.1) is 0 Å². The first kappa shape index (κ1) is 16.8. The van der Waals surface area contributed by atoms with E-state index < -0.39 is 0 Å². The lowest BCUT2D eigenvalue weighted by molar-refractivity contribution is -0.115. The molecule has 1 amide bonds. The topological polar surface area (TPSA) is 65.3 Å². The van der Waals surface area contributed by atoms with Gasteiger partial charge in [0.1, 0.15) is 5.75 Å². The number of carbonyl (C=O) groups excluding carboxylic acids is 1. The molecule has 1 aromatic heterocycles. The van der Waals surface area contributed by atoms with Crippen molar-refractivity contribution in [1.82, 2.24) is 9.13 Å². The SMILES string of the molecule is CCOc1ccc(NC(=O)Cc2ccc3c(c2)n(C)c(=O)n3C)cc1. The molecule has 0 saturated carbocycles. The molecule has 0 saturated heterocycles. The third-order valence-electron chi connectivity index (χ3n) is 4.15. The van der Waals surface area contributed by atoms with Crippen molar-refractivity contribution in [2.24, 2.45) is 14.1 Å². The number of carbonyl (C=O) groups is 1. The number of nitrogens with one attached hydrogen (secondary N) is 1. The van der Waals surface area contributed by atoms with Gasteiger partial charge in [-0.3, -0.25) is 13.9 Å². The third kappa shape index (κ3) is 3.42. The molecule has 0 aliphatic carbocycles. The molecule has 0 unspecified atom stereocenters. The van der Waals surface area contributed by atoms with Crippen molar-refractivity contribution in [1.29, 1.82) is 0 Å². The fourth-order valence-corrected chi connectivity index (χ4v) is 2.85. The minimum absolute atomic E-state index is 0.0778. The van der Waals surface area contributed by atoms with Crippen LogP contribution in [-0.2, 0) is 25.3 Å². The van der Waals surface area contributed by atoms with Crippen LogP contribution in [0.4, 0.5) is 5.69 Å². The van der Waals surface area contributed by atoms with E-state index >= 15 is 0 Å². The van der Waals surface area contributed by atoms with E-state index in [1.165, 1.54) is 0 Å². The van der Waals surface area contributed by atoms with Gasteiger partial charge in [0.05, 0.1) is 24.1 Å². The average Bonchev–Trinajstić information content (AvgIpc) is 2.81. The van der Waals surface area contributed by atoms with Gasteiger partial charge in [-0.25, -0.2) is 4.79 Å². The Morgan fingerprint density at radius 1 is 1.04 bits per heavy atom. The molecule has 0 fully saturated rings. The highest BCUT2D eigenvalue weighted by Gasteiger charge is 2.10. The predicted molar refractivity (Wildman–Crippen MR) is 98.1 cm³/mol. The fraction of sp³-hybridized carbons (Fsp3) is 0.263. The van der Waals surface area contributed by atoms with Crippen molar-refractivity contribution in [3.05, 3.63) is 58.5 Å². The van der Waals surface area contributed by atoms with E-state index in [0.29, 0.717) is 6.61 Å². The number of ether oxygens (including phenoxy) is 1. The molecule has 2 aromatic carbocycles. The van der Waals surface area contributed by atoms with Gasteiger partial charge >= 0.3 is 5.69 Å². The first-order chi connectivity index (χ1) is 12.0. The van der Waals surface area contributed by atoms with Crippen molar-refractivity contribution < 1.29 is 9.53 Å². The predicted octanol–water partition coefficient (Wildman–Crippen LogP) is 2.46. The number of aryl methyl sites for hydroxylation is 2. The zero-order chi connectivity index (χ0) is 18.0. The van der Waals surface area contributed by atoms with Crippen molar-refractivity contribution in [2.45, 2.75) is 13.3 Å². The van der Waals surface area contributed by atoms with Gasteiger partial charge in [-0.2, -0.15) is 0 Å². The second kappa shape index (κ2) is 6.84. The molecule has 3 aromatic rings. The Balaban J connectivity index is 1.73. The maximum Gasteiger partial charge on any atom is 0.328 e. The summed E-state index contributed by atoms with van der Waals surface area (Å²) in [6.45, 7) is 2.53. The summed E-state index contributed by atoms with van der Waals surface area (Å²) in [5.74, 6) is 0.667. The zero-order valence-electron chi connectivity index (χ0n) is 14.6. The summed E-state index contributed by atoms with van der Waals surface area (Å²) in [6.07, 6.45) is 0.242. The molecular formula is C19H21N3O3. The van der Waals surface area contributed by atoms with Gasteiger partial charge in [0.15, 0.2) is 0 Å². The Morgan fingerprint density at radius 3 is 2.40 bits per heavy atom. The van der Waals surface area contributed by atoms with Crippen LogP contribution in [0.25, 0.3) is 11.0 Å². The van der Waals surface area contributed by atoms with Gasteiger partial charge in [0, 0.05) is 19.8 Å². The van der Waals surface area contributed by atoms with E-state index in [9.17, 15) is 9.59 Å². The zero-order valence-corrected chi connectivity index (χ0v) is 14.6. The Kier molecular flexibility index (Phi) is 4.61. The average molecular weight is 339 g/mol. The van der Waals surface area contributed by atoms with Crippen LogP contribution in [0.3, 0.4) is 0 Å². The van der Waals surface area contributed by atoms with E-state index in [2.05, 4.69) is 5.32 Å². The van der Waals surface area contributed by atoms with E-state index in [1.807, 2.05) is 49.4 Å². The quantitative estimate of drug-likeness (QED) is 0.776. The summed E-state index contributed by atoms with van der Waals surface area (Å²) in [5, 5.41) is 2.87. The Labute approximate surface area is 145 Å². The normalized spacial score (nSPS) is 10.8. The molecule has 25 heavy (non-hydrogen) atoms. The second-order valence-corrected chi connectivity index (χ2v) is 5.91. The van der Waals surface area contributed by atoms with Crippen LogP contribution in [-0.4, -0.2) is 21.6 Å². The number of fused-ring (bicyclic) bond motifs is 1. The van der Waals surface area contributed by atoms with Gasteiger partial charge in [0.2, 0.25) is 5.91 Å². The lowest BCUT2D eigenvalue weighted by Crippen LogP contribution is -2.19. The molecule has 6 heteroatoms. The van der Waals surface area contributed by atoms with Crippen LogP contribution >= 0.6 is 0 Å². The Bertz CT molecular complexity index is 968. The van der Waals surface area contributed by atoms with Crippen LogP contribution in [0.5, 0.6) is 5.75 Å². The molecule has 1 heterocycles. The van der Waals surface area contributed by atoms with Crippen LogP contribution in [0.15, 0.2) is 47.3 Å². The van der Waals surface area contributed by atoms with E-state index in [0.717, 1.165) is 28.0 Å². The van der Waals surface area contributed by atoms with Gasteiger partial charge in [-0.1, -0.05) is 6.07 Å². The minimum atomic E-state index is -0.107. The number of hydrogen-bond donors (Lipinski definition) is 1. The summed E-state index contributed by atoms with van der Waals surface area (Å²) < 4.78 is 8.57. The molecular weight excluding hydrogens is 318 g/mol. The molecule has 0 aliphatic heterocycles. The molecule has 0 radical (unpaired) electrons. The molecule has 130 valence electrons. The van der Waals surface area contributed by atoms with Crippen molar-refractivity contribution in [2.75, 3.05) is 11.9 Å². The second-order valence-electron chi connectivity index (χ2n) is 5.91. The lowest BCUT2D eigenvalue weighted by Gasteiger charge is -2.07. The summed E-state index contributed by atoms with van der Waals surface area (Å²) in [5.41, 5.74) is 3.17. The van der Waals surface area contributed by atoms with Gasteiger partial charge in [-0.05, 0) is 48.9 Å². The van der Waals surface area contributed by atoms with Crippen LogP contribution in [0, 0.1) is 0 Å². The number of rotatable bonds is 5. The highest BCUT2D eigenvalue weighted by Crippen LogP contribution is 2.17. The Morgan fingerprint density at radius 2 is 1.72 bits per heavy atom. The minimum Gasteiger partial charge on any atom is -0.494 e. The summed E-state index contributed by atoms with van der Waals surface area (Å²) in [4.78, 5) is 24.2. The number of nitrogens with zero attached hydrogens (tertiary/aromatic N) is 2. The molecule has 6 nitrogen and oxygen atoms in total. The summed E-state index contributed by atoms with van der Waals surface area (Å²) >= 11 is 0.